The molecule has 4 heteroatoms. The molecule has 1 N–H and O–H groups in total. The van der Waals surface area contributed by atoms with Gasteiger partial charge in [0.1, 0.15) is 11.9 Å². The third-order valence-corrected chi connectivity index (χ3v) is 2.98. The summed E-state index contributed by atoms with van der Waals surface area (Å²) >= 11 is 0. The number of hydrogen-bond acceptors (Lipinski definition) is 3. The monoisotopic (exact) mass is 224 g/mol. The lowest BCUT2D eigenvalue weighted by molar-refractivity contribution is 0.179. The molecule has 0 bridgehead atoms. The second-order valence-electron chi connectivity index (χ2n) is 4.30. The fourth-order valence-corrected chi connectivity index (χ4v) is 2.01. The molecule has 3 nitrogen and oxygen atoms in total. The van der Waals surface area contributed by atoms with E-state index in [9.17, 15) is 4.39 Å². The number of ether oxygens (including phenoxy) is 1. The molecule has 1 aromatic heterocycles. The molecule has 2 atom stereocenters. The molecule has 16 heavy (non-hydrogen) atoms. The van der Waals surface area contributed by atoms with Crippen molar-refractivity contribution in [1.82, 2.24) is 10.3 Å². The molecule has 0 aromatic carbocycles. The van der Waals surface area contributed by atoms with Gasteiger partial charge in [-0.3, -0.25) is 0 Å². The van der Waals surface area contributed by atoms with Gasteiger partial charge in [0.05, 0.1) is 6.20 Å². The molecule has 0 spiro atoms. The molecule has 1 unspecified atom stereocenters. The van der Waals surface area contributed by atoms with Crippen molar-refractivity contribution >= 4 is 0 Å². The number of rotatable bonds is 3. The van der Waals surface area contributed by atoms with Crippen LogP contribution in [0.3, 0.4) is 0 Å². The van der Waals surface area contributed by atoms with Crippen LogP contribution in [0.1, 0.15) is 25.3 Å². The van der Waals surface area contributed by atoms with Crippen LogP contribution in [0.15, 0.2) is 12.3 Å². The smallest absolute Gasteiger partial charge is 0.215 e. The number of hydrogen-bond donors (Lipinski definition) is 1. The molecule has 88 valence electrons. The van der Waals surface area contributed by atoms with Gasteiger partial charge in [-0.15, -0.1) is 0 Å². The average molecular weight is 224 g/mol. The van der Waals surface area contributed by atoms with Gasteiger partial charge in [0, 0.05) is 11.6 Å². The van der Waals surface area contributed by atoms with E-state index in [4.69, 9.17) is 4.74 Å². The van der Waals surface area contributed by atoms with Crippen LogP contribution in [-0.2, 0) is 0 Å². The van der Waals surface area contributed by atoms with E-state index in [0.717, 1.165) is 13.0 Å². The minimum atomic E-state index is -0.431. The highest BCUT2D eigenvalue weighted by Gasteiger charge is 2.22. The Morgan fingerprint density at radius 1 is 1.62 bits per heavy atom. The molecule has 1 aliphatic rings. The number of aromatic nitrogens is 1. The SMILES string of the molecule is Cc1cc(OC(C)[C@H]2CCCN2)cnc1F. The van der Waals surface area contributed by atoms with Crippen molar-refractivity contribution < 1.29 is 9.13 Å². The lowest BCUT2D eigenvalue weighted by atomic mass is 10.1. The number of pyridine rings is 1. The zero-order valence-corrected chi connectivity index (χ0v) is 9.66. The fourth-order valence-electron chi connectivity index (χ4n) is 2.01. The van der Waals surface area contributed by atoms with Crippen LogP contribution in [-0.4, -0.2) is 23.7 Å². The van der Waals surface area contributed by atoms with E-state index in [0.29, 0.717) is 17.4 Å². The maximum absolute atomic E-state index is 13.0. The Morgan fingerprint density at radius 2 is 2.44 bits per heavy atom. The van der Waals surface area contributed by atoms with Gasteiger partial charge in [-0.2, -0.15) is 4.39 Å². The Balaban J connectivity index is 1.99. The van der Waals surface area contributed by atoms with Gasteiger partial charge in [-0.1, -0.05) is 0 Å². The number of nitrogens with zero attached hydrogens (tertiary/aromatic N) is 1. The summed E-state index contributed by atoms with van der Waals surface area (Å²) in [5, 5.41) is 3.38. The normalized spacial score (nSPS) is 22.1. The van der Waals surface area contributed by atoms with Crippen LogP contribution >= 0.6 is 0 Å². The summed E-state index contributed by atoms with van der Waals surface area (Å²) in [6, 6.07) is 2.08. The number of aryl methyl sites for hydroxylation is 1. The van der Waals surface area contributed by atoms with Crippen molar-refractivity contribution in [2.45, 2.75) is 38.8 Å². The minimum Gasteiger partial charge on any atom is -0.487 e. The van der Waals surface area contributed by atoms with Crippen molar-refractivity contribution in [3.05, 3.63) is 23.8 Å². The van der Waals surface area contributed by atoms with Crippen molar-refractivity contribution in [2.75, 3.05) is 6.54 Å². The topological polar surface area (TPSA) is 34.1 Å². The summed E-state index contributed by atoms with van der Waals surface area (Å²) in [4.78, 5) is 3.65. The molecular formula is C12H17FN2O. The van der Waals surface area contributed by atoms with Gasteiger partial charge in [-0.05, 0) is 39.3 Å². The van der Waals surface area contributed by atoms with Crippen molar-refractivity contribution in [3.63, 3.8) is 0 Å². The summed E-state index contributed by atoms with van der Waals surface area (Å²) in [7, 11) is 0. The second kappa shape index (κ2) is 4.78. The quantitative estimate of drug-likeness (QED) is 0.798. The number of nitrogens with one attached hydrogen (secondary N) is 1. The summed E-state index contributed by atoms with van der Waals surface area (Å²) < 4.78 is 18.7. The average Bonchev–Trinajstić information content (AvgIpc) is 2.77. The summed E-state index contributed by atoms with van der Waals surface area (Å²) in [5.41, 5.74) is 0.518. The Kier molecular flexibility index (Phi) is 3.39. The van der Waals surface area contributed by atoms with Gasteiger partial charge >= 0.3 is 0 Å². The maximum Gasteiger partial charge on any atom is 0.215 e. The third kappa shape index (κ3) is 2.50. The Labute approximate surface area is 95.0 Å². The molecule has 1 fully saturated rings. The van der Waals surface area contributed by atoms with E-state index < -0.39 is 5.95 Å². The third-order valence-electron chi connectivity index (χ3n) is 2.98. The van der Waals surface area contributed by atoms with E-state index in [-0.39, 0.29) is 6.10 Å². The minimum absolute atomic E-state index is 0.0918. The molecule has 0 amide bonds. The van der Waals surface area contributed by atoms with Crippen LogP contribution in [0.5, 0.6) is 5.75 Å². The second-order valence-corrected chi connectivity index (χ2v) is 4.30. The Bertz CT molecular complexity index is 364. The lowest BCUT2D eigenvalue weighted by Gasteiger charge is -2.21. The van der Waals surface area contributed by atoms with Crippen LogP contribution < -0.4 is 10.1 Å². The van der Waals surface area contributed by atoms with Crippen molar-refractivity contribution in [2.24, 2.45) is 0 Å². The summed E-state index contributed by atoms with van der Waals surface area (Å²) in [6.07, 6.45) is 3.86. The fraction of sp³-hybridized carbons (Fsp3) is 0.583. The van der Waals surface area contributed by atoms with E-state index >= 15 is 0 Å². The highest BCUT2D eigenvalue weighted by Crippen LogP contribution is 2.18. The van der Waals surface area contributed by atoms with Gasteiger partial charge < -0.3 is 10.1 Å². The zero-order chi connectivity index (χ0) is 11.5. The van der Waals surface area contributed by atoms with E-state index in [1.165, 1.54) is 12.6 Å². The zero-order valence-electron chi connectivity index (χ0n) is 9.66. The Hall–Kier alpha value is -1.16. The standard InChI is InChI=1S/C12H17FN2O/c1-8-6-10(7-15-12(8)13)16-9(2)11-4-3-5-14-11/h6-7,9,11,14H,3-5H2,1-2H3/t9?,11-/m1/s1. The van der Waals surface area contributed by atoms with Gasteiger partial charge in [-0.25, -0.2) is 4.98 Å². The molecular weight excluding hydrogens is 207 g/mol. The van der Waals surface area contributed by atoms with Crippen LogP contribution in [0.25, 0.3) is 0 Å². The van der Waals surface area contributed by atoms with Crippen LogP contribution in [0, 0.1) is 12.9 Å². The van der Waals surface area contributed by atoms with E-state index in [1.807, 2.05) is 6.92 Å². The first-order valence-electron chi connectivity index (χ1n) is 5.69. The van der Waals surface area contributed by atoms with Gasteiger partial charge in [0.15, 0.2) is 0 Å². The first-order chi connectivity index (χ1) is 7.66. The number of halogens is 1. The molecule has 1 saturated heterocycles. The van der Waals surface area contributed by atoms with Crippen LogP contribution in [0.4, 0.5) is 4.39 Å². The van der Waals surface area contributed by atoms with Crippen molar-refractivity contribution in [1.29, 1.82) is 0 Å². The van der Waals surface area contributed by atoms with Gasteiger partial charge in [0.25, 0.3) is 0 Å². The first kappa shape index (κ1) is 11.3. The Morgan fingerprint density at radius 3 is 3.06 bits per heavy atom. The molecule has 0 aliphatic carbocycles. The summed E-state index contributed by atoms with van der Waals surface area (Å²) in [6.45, 7) is 4.77. The summed E-state index contributed by atoms with van der Waals surface area (Å²) in [5.74, 6) is 0.207. The van der Waals surface area contributed by atoms with E-state index in [1.54, 1.807) is 13.0 Å². The molecule has 1 aromatic rings. The lowest BCUT2D eigenvalue weighted by Crippen LogP contribution is -2.36. The first-order valence-corrected chi connectivity index (χ1v) is 5.69. The van der Waals surface area contributed by atoms with Gasteiger partial charge in [0.2, 0.25) is 5.95 Å². The molecule has 0 saturated carbocycles. The highest BCUT2D eigenvalue weighted by molar-refractivity contribution is 5.23. The highest BCUT2D eigenvalue weighted by atomic mass is 19.1. The maximum atomic E-state index is 13.0. The largest absolute Gasteiger partial charge is 0.487 e. The molecule has 1 aliphatic heterocycles. The predicted octanol–water partition coefficient (Wildman–Crippen LogP) is 2.05. The molecule has 2 heterocycles. The van der Waals surface area contributed by atoms with E-state index in [2.05, 4.69) is 10.3 Å². The van der Waals surface area contributed by atoms with Crippen LogP contribution in [0.2, 0.25) is 0 Å². The molecule has 2 rings (SSSR count). The predicted molar refractivity (Wildman–Crippen MR) is 60.0 cm³/mol. The molecule has 0 radical (unpaired) electrons. The van der Waals surface area contributed by atoms with Crippen molar-refractivity contribution in [3.8, 4) is 5.75 Å².